The minimum Gasteiger partial charge on any atom is -0.488 e. The molecule has 4 rings (SSSR count). The molecule has 23 heavy (non-hydrogen) atoms. The highest BCUT2D eigenvalue weighted by atomic mass is 16.5. The van der Waals surface area contributed by atoms with Crippen LogP contribution in [0.15, 0.2) is 36.7 Å². The molecule has 0 amide bonds. The highest BCUT2D eigenvalue weighted by molar-refractivity contribution is 5.86. The van der Waals surface area contributed by atoms with Gasteiger partial charge in [0.05, 0.1) is 11.9 Å². The Morgan fingerprint density at radius 2 is 2.17 bits per heavy atom. The van der Waals surface area contributed by atoms with Gasteiger partial charge in [0.2, 0.25) is 0 Å². The molecule has 0 spiro atoms. The number of aromatic nitrogens is 3. The number of nitrogens with two attached hydrogens (primary N) is 1. The molecule has 3 aromatic rings. The fourth-order valence-electron chi connectivity index (χ4n) is 2.92. The number of hydrogen-bond acceptors (Lipinski definition) is 5. The molecule has 6 nitrogen and oxygen atoms in total. The molecule has 0 saturated heterocycles. The molecule has 2 N–H and O–H groups in total. The van der Waals surface area contributed by atoms with Crippen LogP contribution in [0.2, 0.25) is 0 Å². The summed E-state index contributed by atoms with van der Waals surface area (Å²) in [6.45, 7) is 0.346. The highest BCUT2D eigenvalue weighted by Gasteiger charge is 2.26. The maximum atomic E-state index is 9.53. The van der Waals surface area contributed by atoms with Gasteiger partial charge < -0.3 is 10.5 Å². The molecule has 2 aromatic heterocycles. The van der Waals surface area contributed by atoms with Gasteiger partial charge in [0.1, 0.15) is 29.8 Å². The number of rotatable bonds is 1. The Bertz CT molecular complexity index is 968. The Morgan fingerprint density at radius 3 is 2.91 bits per heavy atom. The van der Waals surface area contributed by atoms with E-state index in [-0.39, 0.29) is 5.82 Å². The summed E-state index contributed by atoms with van der Waals surface area (Å²) < 4.78 is 7.53. The van der Waals surface area contributed by atoms with Crippen LogP contribution < -0.4 is 10.5 Å². The Balaban J connectivity index is 2.07. The SMILES string of the molecule is Cn1cc(-c2c(C#N)c(N)nc3c2COc2ccccc2-3)cn1. The van der Waals surface area contributed by atoms with Gasteiger partial charge in [-0.25, -0.2) is 4.98 Å². The number of aryl methyl sites for hydroxylation is 1. The lowest BCUT2D eigenvalue weighted by atomic mass is 9.92. The van der Waals surface area contributed by atoms with E-state index in [1.54, 1.807) is 10.9 Å². The molecule has 0 aliphatic carbocycles. The maximum Gasteiger partial charge on any atom is 0.142 e. The molecule has 6 heteroatoms. The second-order valence-electron chi connectivity index (χ2n) is 5.37. The van der Waals surface area contributed by atoms with Crippen LogP contribution in [-0.2, 0) is 13.7 Å². The van der Waals surface area contributed by atoms with Gasteiger partial charge in [-0.2, -0.15) is 10.4 Å². The Morgan fingerprint density at radius 1 is 1.35 bits per heavy atom. The van der Waals surface area contributed by atoms with E-state index in [1.165, 1.54) is 0 Å². The van der Waals surface area contributed by atoms with Gasteiger partial charge in [-0.1, -0.05) is 12.1 Å². The van der Waals surface area contributed by atoms with Gasteiger partial charge in [0, 0.05) is 35.5 Å². The summed E-state index contributed by atoms with van der Waals surface area (Å²) in [6, 6.07) is 9.85. The van der Waals surface area contributed by atoms with Gasteiger partial charge in [0.25, 0.3) is 0 Å². The third-order valence-corrected chi connectivity index (χ3v) is 3.95. The zero-order chi connectivity index (χ0) is 16.0. The van der Waals surface area contributed by atoms with Crippen LogP contribution in [0.1, 0.15) is 11.1 Å². The molecule has 1 aliphatic rings. The molecule has 3 heterocycles. The molecule has 0 bridgehead atoms. The lowest BCUT2D eigenvalue weighted by Gasteiger charge is -2.23. The second kappa shape index (κ2) is 4.85. The third kappa shape index (κ3) is 1.94. The van der Waals surface area contributed by atoms with Crippen molar-refractivity contribution in [1.82, 2.24) is 14.8 Å². The lowest BCUT2D eigenvalue weighted by molar-refractivity contribution is 0.302. The second-order valence-corrected chi connectivity index (χ2v) is 5.37. The quantitative estimate of drug-likeness (QED) is 0.746. The smallest absolute Gasteiger partial charge is 0.142 e. The first-order chi connectivity index (χ1) is 11.2. The average molecular weight is 303 g/mol. The number of pyridine rings is 1. The average Bonchev–Trinajstić information content (AvgIpc) is 2.99. The number of hydrogen-bond donors (Lipinski definition) is 1. The van der Waals surface area contributed by atoms with Crippen molar-refractivity contribution < 1.29 is 4.74 Å². The van der Waals surface area contributed by atoms with Crippen LogP contribution in [0.4, 0.5) is 5.82 Å². The first kappa shape index (κ1) is 13.3. The van der Waals surface area contributed by atoms with Crippen molar-refractivity contribution in [3.8, 4) is 34.2 Å². The van der Waals surface area contributed by atoms with Crippen molar-refractivity contribution >= 4 is 5.82 Å². The molecule has 0 atom stereocenters. The number of nitriles is 1. The van der Waals surface area contributed by atoms with Crippen LogP contribution in [0.3, 0.4) is 0 Å². The first-order valence-electron chi connectivity index (χ1n) is 7.12. The van der Waals surface area contributed by atoms with Crippen LogP contribution in [0.25, 0.3) is 22.4 Å². The molecule has 0 unspecified atom stereocenters. The van der Waals surface area contributed by atoms with E-state index >= 15 is 0 Å². The molecule has 0 fully saturated rings. The van der Waals surface area contributed by atoms with Gasteiger partial charge in [-0.15, -0.1) is 0 Å². The predicted octanol–water partition coefficient (Wildman–Crippen LogP) is 2.50. The fourth-order valence-corrected chi connectivity index (χ4v) is 2.92. The zero-order valence-corrected chi connectivity index (χ0v) is 12.4. The monoisotopic (exact) mass is 303 g/mol. The van der Waals surface area contributed by atoms with E-state index in [9.17, 15) is 5.26 Å². The summed E-state index contributed by atoms with van der Waals surface area (Å²) in [5.74, 6) is 0.996. The summed E-state index contributed by atoms with van der Waals surface area (Å²) in [6.07, 6.45) is 3.58. The standard InChI is InChI=1S/C17H13N5O/c1-22-8-10(7-20-22)15-12(6-18)17(19)21-16-11-4-2-3-5-14(11)23-9-13(15)16/h2-5,7-8H,9H2,1H3,(H2,19,21). The molecular weight excluding hydrogens is 290 g/mol. The molecule has 0 radical (unpaired) electrons. The Hall–Kier alpha value is -3.33. The molecule has 0 saturated carbocycles. The number of nitrogen functional groups attached to an aromatic ring is 1. The van der Waals surface area contributed by atoms with E-state index in [1.807, 2.05) is 37.5 Å². The highest BCUT2D eigenvalue weighted by Crippen LogP contribution is 2.42. The molecule has 112 valence electrons. The number of para-hydroxylation sites is 1. The molecular formula is C17H13N5O. The van der Waals surface area contributed by atoms with Crippen molar-refractivity contribution in [1.29, 1.82) is 5.26 Å². The van der Waals surface area contributed by atoms with Crippen LogP contribution in [0.5, 0.6) is 5.75 Å². The van der Waals surface area contributed by atoms with Crippen molar-refractivity contribution in [2.24, 2.45) is 7.05 Å². The van der Waals surface area contributed by atoms with Gasteiger partial charge in [-0.3, -0.25) is 4.68 Å². The largest absolute Gasteiger partial charge is 0.488 e. The minimum absolute atomic E-state index is 0.224. The van der Waals surface area contributed by atoms with E-state index in [0.717, 1.165) is 33.7 Å². The number of nitrogens with zero attached hydrogens (tertiary/aromatic N) is 4. The maximum absolute atomic E-state index is 9.53. The van der Waals surface area contributed by atoms with Crippen LogP contribution in [0, 0.1) is 11.3 Å². The van der Waals surface area contributed by atoms with Crippen LogP contribution in [-0.4, -0.2) is 14.8 Å². The summed E-state index contributed by atoms with van der Waals surface area (Å²) in [4.78, 5) is 4.47. The van der Waals surface area contributed by atoms with Crippen molar-refractivity contribution in [3.05, 3.63) is 47.8 Å². The van der Waals surface area contributed by atoms with Gasteiger partial charge in [0.15, 0.2) is 0 Å². The van der Waals surface area contributed by atoms with Gasteiger partial charge >= 0.3 is 0 Å². The Kier molecular flexibility index (Phi) is 2.81. The number of ether oxygens (including phenoxy) is 1. The number of benzene rings is 1. The summed E-state index contributed by atoms with van der Waals surface area (Å²) in [7, 11) is 1.83. The normalized spacial score (nSPS) is 12.0. The third-order valence-electron chi connectivity index (χ3n) is 3.95. The lowest BCUT2D eigenvalue weighted by Crippen LogP contribution is -2.12. The van der Waals surface area contributed by atoms with Crippen molar-refractivity contribution in [2.75, 3.05) is 5.73 Å². The zero-order valence-electron chi connectivity index (χ0n) is 12.4. The summed E-state index contributed by atoms with van der Waals surface area (Å²) in [5, 5.41) is 13.7. The van der Waals surface area contributed by atoms with E-state index in [4.69, 9.17) is 10.5 Å². The van der Waals surface area contributed by atoms with Crippen molar-refractivity contribution in [2.45, 2.75) is 6.61 Å². The minimum atomic E-state index is 0.224. The number of anilines is 1. The molecule has 1 aliphatic heterocycles. The first-order valence-corrected chi connectivity index (χ1v) is 7.12. The van der Waals surface area contributed by atoms with E-state index < -0.39 is 0 Å². The van der Waals surface area contributed by atoms with Crippen molar-refractivity contribution in [3.63, 3.8) is 0 Å². The van der Waals surface area contributed by atoms with E-state index in [2.05, 4.69) is 16.2 Å². The fraction of sp³-hybridized carbons (Fsp3) is 0.118. The Labute approximate surface area is 132 Å². The van der Waals surface area contributed by atoms with E-state index in [0.29, 0.717) is 12.2 Å². The number of fused-ring (bicyclic) bond motifs is 3. The predicted molar refractivity (Wildman–Crippen MR) is 85.3 cm³/mol. The topological polar surface area (TPSA) is 89.8 Å². The van der Waals surface area contributed by atoms with Gasteiger partial charge in [-0.05, 0) is 12.1 Å². The molecule has 1 aromatic carbocycles. The summed E-state index contributed by atoms with van der Waals surface area (Å²) in [5.41, 5.74) is 10.5. The summed E-state index contributed by atoms with van der Waals surface area (Å²) >= 11 is 0. The van der Waals surface area contributed by atoms with Crippen LogP contribution >= 0.6 is 0 Å².